The van der Waals surface area contributed by atoms with E-state index in [0.717, 1.165) is 18.7 Å². The van der Waals surface area contributed by atoms with E-state index in [1.807, 2.05) is 6.07 Å². The third-order valence-electron chi connectivity index (χ3n) is 3.36. The van der Waals surface area contributed by atoms with Crippen LogP contribution in [0.2, 0.25) is 0 Å². The molecule has 0 aliphatic heterocycles. The Bertz CT molecular complexity index is 539. The van der Waals surface area contributed by atoms with Gasteiger partial charge in [-0.3, -0.25) is 0 Å². The maximum Gasteiger partial charge on any atom is 0.175 e. The largest absolute Gasteiger partial charge is 0.397 e. The summed E-state index contributed by atoms with van der Waals surface area (Å²) in [6, 6.07) is 5.34. The summed E-state index contributed by atoms with van der Waals surface area (Å²) in [7, 11) is -3.21. The molecule has 0 saturated heterocycles. The Morgan fingerprint density at radius 3 is 2.35 bits per heavy atom. The minimum Gasteiger partial charge on any atom is -0.397 e. The van der Waals surface area contributed by atoms with Gasteiger partial charge in [-0.25, -0.2) is 8.42 Å². The van der Waals surface area contributed by atoms with E-state index >= 15 is 0 Å². The van der Waals surface area contributed by atoms with Crippen LogP contribution in [0.3, 0.4) is 0 Å². The molecule has 1 rings (SSSR count). The van der Waals surface area contributed by atoms with Crippen LogP contribution in [0.25, 0.3) is 0 Å². The summed E-state index contributed by atoms with van der Waals surface area (Å²) in [6.45, 7) is 7.36. The van der Waals surface area contributed by atoms with Crippen molar-refractivity contribution in [1.82, 2.24) is 0 Å². The van der Waals surface area contributed by atoms with Gasteiger partial charge in [0, 0.05) is 18.8 Å². The molecule has 0 aliphatic carbocycles. The monoisotopic (exact) mass is 298 g/mol. The quantitative estimate of drug-likeness (QED) is 0.620. The first-order chi connectivity index (χ1) is 9.27. The van der Waals surface area contributed by atoms with Gasteiger partial charge < -0.3 is 10.6 Å². The molecule has 0 saturated carbocycles. The van der Waals surface area contributed by atoms with E-state index in [-0.39, 0.29) is 4.90 Å². The standard InChI is InChI=1S/C15H26N2O2S/c1-5-6-7-10-17(12(2)3)15-9-8-13(11-14(15)16)20(4,18)19/h8-9,11-12H,5-7,10,16H2,1-4H3. The summed E-state index contributed by atoms with van der Waals surface area (Å²) in [5, 5.41) is 0. The van der Waals surface area contributed by atoms with Gasteiger partial charge in [0.25, 0.3) is 0 Å². The molecule has 0 heterocycles. The van der Waals surface area contributed by atoms with Crippen molar-refractivity contribution in [3.05, 3.63) is 18.2 Å². The molecule has 5 heteroatoms. The lowest BCUT2D eigenvalue weighted by molar-refractivity contribution is 0.601. The molecule has 0 radical (unpaired) electrons. The first-order valence-corrected chi connectivity index (χ1v) is 9.02. The third-order valence-corrected chi connectivity index (χ3v) is 4.47. The highest BCUT2D eigenvalue weighted by Gasteiger charge is 2.15. The molecule has 1 aromatic rings. The Morgan fingerprint density at radius 1 is 1.25 bits per heavy atom. The first-order valence-electron chi connectivity index (χ1n) is 7.13. The highest BCUT2D eigenvalue weighted by Crippen LogP contribution is 2.28. The van der Waals surface area contributed by atoms with Crippen LogP contribution in [0.1, 0.15) is 40.0 Å². The first kappa shape index (κ1) is 16.8. The zero-order valence-corrected chi connectivity index (χ0v) is 13.7. The molecule has 114 valence electrons. The van der Waals surface area contributed by atoms with Crippen molar-refractivity contribution in [1.29, 1.82) is 0 Å². The number of sulfone groups is 1. The van der Waals surface area contributed by atoms with Gasteiger partial charge in [0.2, 0.25) is 0 Å². The SMILES string of the molecule is CCCCCN(c1ccc(S(C)(=O)=O)cc1N)C(C)C. The average molecular weight is 298 g/mol. The molecule has 0 unspecified atom stereocenters. The molecule has 0 fully saturated rings. The second kappa shape index (κ2) is 6.97. The topological polar surface area (TPSA) is 63.4 Å². The highest BCUT2D eigenvalue weighted by atomic mass is 32.2. The van der Waals surface area contributed by atoms with E-state index in [2.05, 4.69) is 25.7 Å². The molecule has 2 N–H and O–H groups in total. The minimum atomic E-state index is -3.21. The van der Waals surface area contributed by atoms with Crippen molar-refractivity contribution in [3.8, 4) is 0 Å². The molecular formula is C15H26N2O2S. The number of rotatable bonds is 7. The van der Waals surface area contributed by atoms with E-state index in [9.17, 15) is 8.42 Å². The summed E-state index contributed by atoms with van der Waals surface area (Å²) < 4.78 is 23.1. The second-order valence-electron chi connectivity index (χ2n) is 5.49. The van der Waals surface area contributed by atoms with Crippen LogP contribution in [-0.2, 0) is 9.84 Å². The Kier molecular flexibility index (Phi) is 5.87. The summed E-state index contributed by atoms with van der Waals surface area (Å²) in [5.74, 6) is 0. The average Bonchev–Trinajstić information content (AvgIpc) is 2.34. The number of hydrogen-bond acceptors (Lipinski definition) is 4. The van der Waals surface area contributed by atoms with Gasteiger partial charge in [0.15, 0.2) is 9.84 Å². The predicted octanol–water partition coefficient (Wildman–Crippen LogP) is 3.08. The molecule has 4 nitrogen and oxygen atoms in total. The van der Waals surface area contributed by atoms with Gasteiger partial charge in [0.05, 0.1) is 16.3 Å². The second-order valence-corrected chi connectivity index (χ2v) is 7.50. The number of hydrogen-bond donors (Lipinski definition) is 1. The molecule has 0 amide bonds. The van der Waals surface area contributed by atoms with Crippen LogP contribution >= 0.6 is 0 Å². The van der Waals surface area contributed by atoms with Crippen LogP contribution in [-0.4, -0.2) is 27.3 Å². The fourth-order valence-corrected chi connectivity index (χ4v) is 2.87. The lowest BCUT2D eigenvalue weighted by atomic mass is 10.1. The summed E-state index contributed by atoms with van der Waals surface area (Å²) in [4.78, 5) is 2.51. The smallest absolute Gasteiger partial charge is 0.175 e. The van der Waals surface area contributed by atoms with Crippen molar-refractivity contribution >= 4 is 21.2 Å². The molecular weight excluding hydrogens is 272 g/mol. The van der Waals surface area contributed by atoms with Crippen molar-refractivity contribution in [2.24, 2.45) is 0 Å². The lowest BCUT2D eigenvalue weighted by Gasteiger charge is -2.30. The van der Waals surface area contributed by atoms with Gasteiger partial charge in [-0.05, 0) is 38.5 Å². The van der Waals surface area contributed by atoms with Crippen LogP contribution in [0.4, 0.5) is 11.4 Å². The fourth-order valence-electron chi connectivity index (χ4n) is 2.21. The van der Waals surface area contributed by atoms with Crippen LogP contribution in [0.15, 0.2) is 23.1 Å². The van der Waals surface area contributed by atoms with E-state index < -0.39 is 9.84 Å². The fraction of sp³-hybridized carbons (Fsp3) is 0.600. The molecule has 0 aliphatic rings. The van der Waals surface area contributed by atoms with Gasteiger partial charge in [-0.2, -0.15) is 0 Å². The molecule has 0 spiro atoms. The lowest BCUT2D eigenvalue weighted by Crippen LogP contribution is -2.32. The maximum absolute atomic E-state index is 11.5. The van der Waals surface area contributed by atoms with Crippen LogP contribution in [0, 0.1) is 0 Å². The Hall–Kier alpha value is -1.23. The highest BCUT2D eigenvalue weighted by molar-refractivity contribution is 7.90. The number of nitrogens with two attached hydrogens (primary N) is 1. The predicted molar refractivity (Wildman–Crippen MR) is 86.0 cm³/mol. The van der Waals surface area contributed by atoms with Crippen LogP contribution < -0.4 is 10.6 Å². The zero-order valence-electron chi connectivity index (χ0n) is 12.9. The number of anilines is 2. The number of nitrogen functional groups attached to an aromatic ring is 1. The van der Waals surface area contributed by atoms with Crippen molar-refractivity contribution in [3.63, 3.8) is 0 Å². The number of nitrogens with zero attached hydrogens (tertiary/aromatic N) is 1. The molecule has 1 aromatic carbocycles. The minimum absolute atomic E-state index is 0.274. The number of unbranched alkanes of at least 4 members (excludes halogenated alkanes) is 2. The van der Waals surface area contributed by atoms with Crippen molar-refractivity contribution in [2.45, 2.75) is 51.0 Å². The van der Waals surface area contributed by atoms with Gasteiger partial charge in [-0.15, -0.1) is 0 Å². The van der Waals surface area contributed by atoms with E-state index in [0.29, 0.717) is 11.7 Å². The van der Waals surface area contributed by atoms with Crippen LogP contribution in [0.5, 0.6) is 0 Å². The Labute approximate surface area is 122 Å². The third kappa shape index (κ3) is 4.40. The normalized spacial score (nSPS) is 11.8. The molecule has 0 atom stereocenters. The van der Waals surface area contributed by atoms with E-state index in [1.165, 1.54) is 19.1 Å². The molecule has 20 heavy (non-hydrogen) atoms. The van der Waals surface area contributed by atoms with Crippen molar-refractivity contribution in [2.75, 3.05) is 23.4 Å². The Balaban J connectivity index is 3.03. The molecule has 0 aromatic heterocycles. The van der Waals surface area contributed by atoms with E-state index in [1.54, 1.807) is 12.1 Å². The maximum atomic E-state index is 11.5. The summed E-state index contributed by atoms with van der Waals surface area (Å²) >= 11 is 0. The summed E-state index contributed by atoms with van der Waals surface area (Å²) in [6.07, 6.45) is 4.67. The zero-order chi connectivity index (χ0) is 15.3. The Morgan fingerprint density at radius 2 is 1.90 bits per heavy atom. The van der Waals surface area contributed by atoms with Crippen molar-refractivity contribution < 1.29 is 8.42 Å². The van der Waals surface area contributed by atoms with Gasteiger partial charge in [-0.1, -0.05) is 19.8 Å². The summed E-state index contributed by atoms with van der Waals surface area (Å²) in [5.41, 5.74) is 7.50. The molecule has 0 bridgehead atoms. The van der Waals surface area contributed by atoms with Gasteiger partial charge in [0.1, 0.15) is 0 Å². The van der Waals surface area contributed by atoms with E-state index in [4.69, 9.17) is 5.73 Å². The number of benzene rings is 1. The van der Waals surface area contributed by atoms with Gasteiger partial charge >= 0.3 is 0 Å².